The summed E-state index contributed by atoms with van der Waals surface area (Å²) in [4.78, 5) is 28.5. The third kappa shape index (κ3) is 3.42. The number of anilines is 1. The number of aliphatic hydroxyl groups is 3. The Hall–Kier alpha value is -3.02. The molecule has 0 bridgehead atoms. The van der Waals surface area contributed by atoms with Crippen LogP contribution in [0.15, 0.2) is 82.6 Å². The Kier molecular flexibility index (Phi) is 5.89. The lowest BCUT2D eigenvalue weighted by molar-refractivity contribution is -0.128. The van der Waals surface area contributed by atoms with Gasteiger partial charge in [-0.1, -0.05) is 60.3 Å². The van der Waals surface area contributed by atoms with Crippen LogP contribution in [0.3, 0.4) is 0 Å². The van der Waals surface area contributed by atoms with Crippen molar-refractivity contribution in [2.75, 3.05) is 12.3 Å². The molecule has 1 aliphatic heterocycles. The summed E-state index contributed by atoms with van der Waals surface area (Å²) in [5, 5.41) is 32.8. The zero-order valence-corrected chi connectivity index (χ0v) is 17.6. The number of aromatic nitrogens is 2. The van der Waals surface area contributed by atoms with Crippen molar-refractivity contribution in [2.45, 2.75) is 27.8 Å². The van der Waals surface area contributed by atoms with Gasteiger partial charge < -0.3 is 25.8 Å². The number of nitrogens with zero attached hydrogens (tertiary/aromatic N) is 2. The van der Waals surface area contributed by atoms with Gasteiger partial charge in [0.25, 0.3) is 5.72 Å². The van der Waals surface area contributed by atoms with Gasteiger partial charge in [0.2, 0.25) is 5.78 Å². The van der Waals surface area contributed by atoms with Crippen LogP contribution in [0.4, 0.5) is 5.82 Å². The summed E-state index contributed by atoms with van der Waals surface area (Å²) in [5.41, 5.74) is 2.32. The van der Waals surface area contributed by atoms with Gasteiger partial charge in [0.1, 0.15) is 18.0 Å². The summed E-state index contributed by atoms with van der Waals surface area (Å²) in [7, 11) is 0. The predicted octanol–water partition coefficient (Wildman–Crippen LogP) is 0.594. The summed E-state index contributed by atoms with van der Waals surface area (Å²) in [6.45, 7) is -0.709. The molecule has 0 spiro atoms. The molecule has 0 aliphatic carbocycles. The van der Waals surface area contributed by atoms with Gasteiger partial charge in [-0.2, -0.15) is 4.98 Å². The van der Waals surface area contributed by atoms with Gasteiger partial charge in [-0.05, 0) is 18.2 Å². The van der Waals surface area contributed by atoms with Crippen LogP contribution < -0.4 is 11.4 Å². The number of hydrogen-bond donors (Lipinski definition) is 4. The Morgan fingerprint density at radius 3 is 2.34 bits per heavy atom. The number of thioether (sulfide) groups is 1. The molecule has 4 rings (SSSR count). The third-order valence-corrected chi connectivity index (χ3v) is 6.60. The van der Waals surface area contributed by atoms with E-state index in [0.29, 0.717) is 4.90 Å². The van der Waals surface area contributed by atoms with Crippen LogP contribution in [0.1, 0.15) is 10.4 Å². The van der Waals surface area contributed by atoms with Crippen molar-refractivity contribution in [2.24, 2.45) is 0 Å². The molecular formula is C22H21N3O6S. The number of carbonyl (C=O) groups is 1. The van der Waals surface area contributed by atoms with E-state index >= 15 is 0 Å². The first kappa shape index (κ1) is 22.2. The Balaban J connectivity index is 2.01. The SMILES string of the molecule is Nc1ccn([C@]2(C(=O)c3ccccc3)O[C@H](CO)[C@@H](O)[C@]2(O)Sc2ccccc2)c(=O)n1. The third-order valence-electron chi connectivity index (χ3n) is 5.27. The number of aliphatic hydroxyl groups excluding tert-OH is 2. The Bertz CT molecular complexity index is 1180. The minimum Gasteiger partial charge on any atom is -0.394 e. The zero-order chi connectivity index (χ0) is 22.9. The molecule has 0 amide bonds. The maximum atomic E-state index is 13.9. The number of ketones is 1. The fourth-order valence-corrected chi connectivity index (χ4v) is 5.05. The molecule has 0 radical (unpaired) electrons. The lowest BCUT2D eigenvalue weighted by Gasteiger charge is -2.40. The minimum absolute atomic E-state index is 0.0925. The van der Waals surface area contributed by atoms with Gasteiger partial charge in [-0.15, -0.1) is 0 Å². The average Bonchev–Trinajstić information content (AvgIpc) is 3.02. The summed E-state index contributed by atoms with van der Waals surface area (Å²) >= 11 is 0.748. The molecule has 4 atom stereocenters. The highest BCUT2D eigenvalue weighted by atomic mass is 32.2. The predicted molar refractivity (Wildman–Crippen MR) is 117 cm³/mol. The molecule has 1 fully saturated rings. The summed E-state index contributed by atoms with van der Waals surface area (Å²) in [5.74, 6) is -0.891. The Labute approximate surface area is 187 Å². The molecule has 5 N–H and O–H groups in total. The Morgan fingerprint density at radius 1 is 1.12 bits per heavy atom. The molecule has 1 aliphatic rings. The fraction of sp³-hybridized carbons (Fsp3) is 0.227. The van der Waals surface area contributed by atoms with Gasteiger partial charge >= 0.3 is 5.69 Å². The standard InChI is InChI=1S/C22H21N3O6S/c23-17-11-12-25(20(29)24-17)21(18(27)14-7-3-1-4-8-14)22(30,19(28)16(13-26)31-21)32-15-9-5-2-6-10-15/h1-12,16,19,26,28,30H,13H2,(H2,23,24,29)/t16-,19-,21-,22+/m1/s1. The molecule has 3 aromatic rings. The van der Waals surface area contributed by atoms with Gasteiger partial charge in [-0.3, -0.25) is 9.36 Å². The van der Waals surface area contributed by atoms with Crippen LogP contribution in [0.25, 0.3) is 0 Å². The van der Waals surface area contributed by atoms with Gasteiger partial charge in [0.15, 0.2) is 4.93 Å². The lowest BCUT2D eigenvalue weighted by atomic mass is 9.92. The summed E-state index contributed by atoms with van der Waals surface area (Å²) in [6.07, 6.45) is -1.93. The van der Waals surface area contributed by atoms with Crippen LogP contribution in [0.2, 0.25) is 0 Å². The van der Waals surface area contributed by atoms with Gasteiger partial charge in [0.05, 0.1) is 6.61 Å². The first-order chi connectivity index (χ1) is 15.3. The maximum Gasteiger partial charge on any atom is 0.352 e. The molecule has 32 heavy (non-hydrogen) atoms. The van der Waals surface area contributed by atoms with Crippen LogP contribution in [-0.4, -0.2) is 54.4 Å². The van der Waals surface area contributed by atoms with Gasteiger partial charge in [0, 0.05) is 16.7 Å². The molecule has 2 heterocycles. The zero-order valence-electron chi connectivity index (χ0n) is 16.7. The van der Waals surface area contributed by atoms with Crippen molar-refractivity contribution in [3.8, 4) is 0 Å². The molecule has 1 aromatic heterocycles. The van der Waals surface area contributed by atoms with Crippen molar-refractivity contribution in [3.63, 3.8) is 0 Å². The van der Waals surface area contributed by atoms with Crippen LogP contribution in [0.5, 0.6) is 0 Å². The maximum absolute atomic E-state index is 13.9. The quantitative estimate of drug-likeness (QED) is 0.310. The van der Waals surface area contributed by atoms with E-state index in [-0.39, 0.29) is 11.4 Å². The number of ether oxygens (including phenoxy) is 1. The highest BCUT2D eigenvalue weighted by Gasteiger charge is 2.71. The van der Waals surface area contributed by atoms with E-state index in [1.807, 2.05) is 0 Å². The van der Waals surface area contributed by atoms with Gasteiger partial charge in [-0.25, -0.2) is 4.79 Å². The second-order valence-electron chi connectivity index (χ2n) is 7.24. The highest BCUT2D eigenvalue weighted by molar-refractivity contribution is 8.00. The first-order valence-corrected chi connectivity index (χ1v) is 10.5. The van der Waals surface area contributed by atoms with Crippen LogP contribution in [0, 0.1) is 0 Å². The van der Waals surface area contributed by atoms with E-state index in [2.05, 4.69) is 4.98 Å². The van der Waals surface area contributed by atoms with Crippen molar-refractivity contribution >= 4 is 23.4 Å². The van der Waals surface area contributed by atoms with E-state index in [1.165, 1.54) is 24.4 Å². The largest absolute Gasteiger partial charge is 0.394 e. The fourth-order valence-electron chi connectivity index (χ4n) is 3.75. The number of rotatable bonds is 6. The lowest BCUT2D eigenvalue weighted by Crippen LogP contribution is -2.62. The molecule has 10 heteroatoms. The van der Waals surface area contributed by atoms with Crippen molar-refractivity contribution in [1.29, 1.82) is 0 Å². The second-order valence-corrected chi connectivity index (χ2v) is 8.54. The molecule has 166 valence electrons. The molecule has 1 saturated heterocycles. The van der Waals surface area contributed by atoms with E-state index in [0.717, 1.165) is 16.3 Å². The molecule has 0 unspecified atom stereocenters. The normalized spacial score (nSPS) is 27.3. The van der Waals surface area contributed by atoms with E-state index in [9.17, 15) is 24.9 Å². The van der Waals surface area contributed by atoms with Crippen molar-refractivity contribution in [1.82, 2.24) is 9.55 Å². The number of carbonyl (C=O) groups excluding carboxylic acids is 1. The van der Waals surface area contributed by atoms with E-state index in [1.54, 1.807) is 48.5 Å². The second kappa shape index (κ2) is 8.49. The summed E-state index contributed by atoms with van der Waals surface area (Å²) in [6, 6.07) is 17.7. The topological polar surface area (TPSA) is 148 Å². The molecule has 0 saturated carbocycles. The number of benzene rings is 2. The van der Waals surface area contributed by atoms with E-state index in [4.69, 9.17) is 10.5 Å². The number of nitrogens with two attached hydrogens (primary N) is 1. The average molecular weight is 455 g/mol. The minimum atomic E-state index is -2.46. The monoisotopic (exact) mass is 455 g/mol. The molecule has 2 aromatic carbocycles. The number of Topliss-reactive ketones (excluding diaryl/α,β-unsaturated/α-hetero) is 1. The van der Waals surface area contributed by atoms with E-state index < -0.39 is 40.9 Å². The number of nitrogen functional groups attached to an aromatic ring is 1. The molecule has 9 nitrogen and oxygen atoms in total. The first-order valence-electron chi connectivity index (χ1n) is 9.72. The van der Waals surface area contributed by atoms with Crippen LogP contribution in [-0.2, 0) is 10.5 Å². The van der Waals surface area contributed by atoms with Crippen LogP contribution >= 0.6 is 11.8 Å². The number of hydrogen-bond acceptors (Lipinski definition) is 9. The smallest absolute Gasteiger partial charge is 0.352 e. The molecular weight excluding hydrogens is 434 g/mol. The van der Waals surface area contributed by atoms with Crippen molar-refractivity contribution in [3.05, 3.63) is 89.0 Å². The highest BCUT2D eigenvalue weighted by Crippen LogP contribution is 2.53. The summed E-state index contributed by atoms with van der Waals surface area (Å²) < 4.78 is 6.70. The van der Waals surface area contributed by atoms with Crippen molar-refractivity contribution < 1.29 is 24.9 Å². The Morgan fingerprint density at radius 2 is 1.75 bits per heavy atom.